The third-order valence-corrected chi connectivity index (χ3v) is 9.20. The van der Waals surface area contributed by atoms with Crippen molar-refractivity contribution in [1.82, 2.24) is 0 Å². The van der Waals surface area contributed by atoms with Gasteiger partial charge in [0.1, 0.15) is 31.1 Å². The van der Waals surface area contributed by atoms with Crippen LogP contribution in [0.2, 0.25) is 0 Å². The van der Waals surface area contributed by atoms with E-state index < -0.39 is 0 Å². The Bertz CT molecular complexity index is 1510. The van der Waals surface area contributed by atoms with Gasteiger partial charge in [0, 0.05) is 24.8 Å². The van der Waals surface area contributed by atoms with Crippen molar-refractivity contribution in [3.63, 3.8) is 0 Å². The molecule has 0 aliphatic carbocycles. The number of carbonyl (C=O) groups excluding carboxylic acids is 1. The van der Waals surface area contributed by atoms with Crippen LogP contribution in [0.1, 0.15) is 66.8 Å². The van der Waals surface area contributed by atoms with E-state index in [9.17, 15) is 4.79 Å². The lowest BCUT2D eigenvalue weighted by atomic mass is 9.84. The Kier molecular flexibility index (Phi) is 10.3. The van der Waals surface area contributed by atoms with Crippen LogP contribution < -0.4 is 19.1 Å². The Balaban J connectivity index is 1.06. The number of aryl methyl sites for hydroxylation is 1. The molecular formula is C39H44NO5+. The van der Waals surface area contributed by atoms with E-state index in [1.807, 2.05) is 66.7 Å². The zero-order chi connectivity index (χ0) is 30.8. The maximum Gasteiger partial charge on any atom is 0.306 e. The van der Waals surface area contributed by atoms with Gasteiger partial charge in [-0.05, 0) is 72.7 Å². The maximum absolute atomic E-state index is 13.1. The Labute approximate surface area is 266 Å². The van der Waals surface area contributed by atoms with Crippen molar-refractivity contribution >= 4 is 5.97 Å². The number of esters is 1. The lowest BCUT2D eigenvalue weighted by molar-refractivity contribution is -0.967. The summed E-state index contributed by atoms with van der Waals surface area (Å²) >= 11 is 0. The first-order chi connectivity index (χ1) is 22.1. The largest absolute Gasteiger partial charge is 0.493 e. The molecule has 2 fully saturated rings. The van der Waals surface area contributed by atoms with E-state index in [1.165, 1.54) is 24.8 Å². The van der Waals surface area contributed by atoms with Gasteiger partial charge in [-0.2, -0.15) is 0 Å². The zero-order valence-electron chi connectivity index (χ0n) is 26.2. The molecule has 2 aliphatic rings. The predicted molar refractivity (Wildman–Crippen MR) is 175 cm³/mol. The van der Waals surface area contributed by atoms with E-state index in [2.05, 4.69) is 36.4 Å². The van der Waals surface area contributed by atoms with Gasteiger partial charge in [-0.25, -0.2) is 0 Å². The van der Waals surface area contributed by atoms with E-state index >= 15 is 0 Å². The van der Waals surface area contributed by atoms with Gasteiger partial charge >= 0.3 is 5.97 Å². The van der Waals surface area contributed by atoms with Crippen molar-refractivity contribution in [3.05, 3.63) is 125 Å². The zero-order valence-corrected chi connectivity index (χ0v) is 26.2. The summed E-state index contributed by atoms with van der Waals surface area (Å²) in [7, 11) is 1.68. The first-order valence-electron chi connectivity index (χ1n) is 16.3. The van der Waals surface area contributed by atoms with Gasteiger partial charge in [0.2, 0.25) is 0 Å². The fraction of sp³-hybridized carbons (Fsp3) is 0.359. The standard InChI is InChI=1S/C39H43NO5/c1-42-37-21-18-32(24-38(37)44-28-31-12-6-3-7-13-31)36-26-35(25-33-14-8-9-23-40(33)36)45-39(41)22-17-29-15-19-34(20-16-29)43-27-30-10-4-2-5-11-30/h2-7,10-13,15-16,18-21,24,33,35-36H,8-9,14,17,22-23,25-28H2,1H3/p+1/t33-,35+,36-/m1/s1. The van der Waals surface area contributed by atoms with Gasteiger partial charge in [0.25, 0.3) is 0 Å². The number of methoxy groups -OCH3 is 1. The average Bonchev–Trinajstić information content (AvgIpc) is 3.10. The van der Waals surface area contributed by atoms with E-state index in [-0.39, 0.29) is 18.1 Å². The first kappa shape index (κ1) is 30.7. The van der Waals surface area contributed by atoms with Gasteiger partial charge in [0.15, 0.2) is 11.5 Å². The van der Waals surface area contributed by atoms with Crippen LogP contribution in [0, 0.1) is 0 Å². The summed E-state index contributed by atoms with van der Waals surface area (Å²) in [5, 5.41) is 0. The molecule has 6 rings (SSSR count). The highest BCUT2D eigenvalue weighted by molar-refractivity contribution is 5.70. The molecule has 0 radical (unpaired) electrons. The predicted octanol–water partition coefficient (Wildman–Crippen LogP) is 6.67. The average molecular weight is 607 g/mol. The molecule has 2 aliphatic heterocycles. The summed E-state index contributed by atoms with van der Waals surface area (Å²) < 4.78 is 24.0. The Hall–Kier alpha value is -4.29. The molecule has 4 aromatic carbocycles. The fourth-order valence-electron chi connectivity index (χ4n) is 6.85. The highest BCUT2D eigenvalue weighted by atomic mass is 16.5. The minimum absolute atomic E-state index is 0.0844. The molecule has 0 aromatic heterocycles. The number of rotatable bonds is 12. The number of piperidine rings is 2. The SMILES string of the molecule is COc1ccc([C@H]2C[C@@H](OC(=O)CCc3ccc(OCc4ccccc4)cc3)C[C@H]3CCCC[NH+]32)cc1OCc1ccccc1. The number of quaternary nitrogens is 1. The molecule has 0 amide bonds. The van der Waals surface area contributed by atoms with Crippen molar-refractivity contribution in [2.24, 2.45) is 0 Å². The molecule has 1 unspecified atom stereocenters. The Morgan fingerprint density at radius 3 is 2.18 bits per heavy atom. The quantitative estimate of drug-likeness (QED) is 0.183. The third-order valence-electron chi connectivity index (χ3n) is 9.20. The molecule has 2 saturated heterocycles. The number of benzene rings is 4. The van der Waals surface area contributed by atoms with E-state index in [1.54, 1.807) is 12.0 Å². The summed E-state index contributed by atoms with van der Waals surface area (Å²) in [6, 6.07) is 35.4. The van der Waals surface area contributed by atoms with Gasteiger partial charge in [-0.15, -0.1) is 0 Å². The molecular weight excluding hydrogens is 562 g/mol. The van der Waals surface area contributed by atoms with Crippen LogP contribution >= 0.6 is 0 Å². The molecule has 234 valence electrons. The molecule has 0 spiro atoms. The minimum Gasteiger partial charge on any atom is -0.493 e. The molecule has 0 saturated carbocycles. The molecule has 6 heteroatoms. The van der Waals surface area contributed by atoms with Crippen LogP contribution in [-0.4, -0.2) is 31.8 Å². The number of carbonyl (C=O) groups is 1. The maximum atomic E-state index is 13.1. The topological polar surface area (TPSA) is 58.4 Å². The van der Waals surface area contributed by atoms with Gasteiger partial charge in [-0.1, -0.05) is 72.8 Å². The summed E-state index contributed by atoms with van der Waals surface area (Å²) in [6.07, 6.45) is 6.32. The molecule has 4 aromatic rings. The lowest BCUT2D eigenvalue weighted by Crippen LogP contribution is -3.18. The number of hydrogen-bond acceptors (Lipinski definition) is 5. The van der Waals surface area contributed by atoms with E-state index in [0.29, 0.717) is 32.1 Å². The fourth-order valence-corrected chi connectivity index (χ4v) is 6.85. The van der Waals surface area contributed by atoms with Crippen LogP contribution in [0.5, 0.6) is 17.2 Å². The number of nitrogens with one attached hydrogen (secondary N) is 1. The summed E-state index contributed by atoms with van der Waals surface area (Å²) in [6.45, 7) is 2.16. The van der Waals surface area contributed by atoms with Gasteiger partial charge in [0.05, 0.1) is 19.7 Å². The molecule has 6 nitrogen and oxygen atoms in total. The Morgan fingerprint density at radius 1 is 0.756 bits per heavy atom. The monoisotopic (exact) mass is 606 g/mol. The van der Waals surface area contributed by atoms with Crippen LogP contribution in [-0.2, 0) is 29.2 Å². The van der Waals surface area contributed by atoms with Gasteiger partial charge < -0.3 is 23.8 Å². The van der Waals surface area contributed by atoms with Gasteiger partial charge in [-0.3, -0.25) is 4.79 Å². The molecule has 45 heavy (non-hydrogen) atoms. The van der Waals surface area contributed by atoms with Crippen molar-refractivity contribution in [3.8, 4) is 17.2 Å². The number of fused-ring (bicyclic) bond motifs is 1. The van der Waals surface area contributed by atoms with E-state index in [0.717, 1.165) is 53.3 Å². The molecule has 0 bridgehead atoms. The van der Waals surface area contributed by atoms with Crippen molar-refractivity contribution in [1.29, 1.82) is 0 Å². The van der Waals surface area contributed by atoms with Crippen LogP contribution in [0.25, 0.3) is 0 Å². The second-order valence-corrected chi connectivity index (χ2v) is 12.3. The third kappa shape index (κ3) is 8.25. The van der Waals surface area contributed by atoms with Crippen molar-refractivity contribution < 1.29 is 28.6 Å². The van der Waals surface area contributed by atoms with Crippen LogP contribution in [0.4, 0.5) is 0 Å². The minimum atomic E-state index is -0.121. The normalized spacial score (nSPS) is 20.9. The highest BCUT2D eigenvalue weighted by Gasteiger charge is 2.42. The van der Waals surface area contributed by atoms with Crippen LogP contribution in [0.15, 0.2) is 103 Å². The molecule has 4 atom stereocenters. The highest BCUT2D eigenvalue weighted by Crippen LogP contribution is 2.34. The second kappa shape index (κ2) is 15.1. The summed E-state index contributed by atoms with van der Waals surface area (Å²) in [5.41, 5.74) is 4.57. The Morgan fingerprint density at radius 2 is 1.47 bits per heavy atom. The summed E-state index contributed by atoms with van der Waals surface area (Å²) in [5.74, 6) is 2.19. The van der Waals surface area contributed by atoms with Crippen LogP contribution in [0.3, 0.4) is 0 Å². The molecule has 2 heterocycles. The lowest BCUT2D eigenvalue weighted by Gasteiger charge is -2.44. The van der Waals surface area contributed by atoms with Crippen molar-refractivity contribution in [2.45, 2.75) is 76.3 Å². The number of hydrogen-bond donors (Lipinski definition) is 1. The van der Waals surface area contributed by atoms with E-state index in [4.69, 9.17) is 18.9 Å². The smallest absolute Gasteiger partial charge is 0.306 e. The van der Waals surface area contributed by atoms with Crippen molar-refractivity contribution in [2.75, 3.05) is 13.7 Å². The second-order valence-electron chi connectivity index (χ2n) is 12.3. The molecule has 1 N–H and O–H groups in total. The first-order valence-corrected chi connectivity index (χ1v) is 16.3. The number of ether oxygens (including phenoxy) is 4. The summed E-state index contributed by atoms with van der Waals surface area (Å²) in [4.78, 5) is 14.7.